The Morgan fingerprint density at radius 1 is 1.23 bits per heavy atom. The number of rotatable bonds is 5. The highest BCUT2D eigenvalue weighted by atomic mass is 35.5. The van der Waals surface area contributed by atoms with E-state index < -0.39 is 4.92 Å². The average molecular weight is 377 g/mol. The predicted octanol–water partition coefficient (Wildman–Crippen LogP) is 3.16. The Kier molecular flexibility index (Phi) is 5.62. The molecule has 1 aromatic carbocycles. The topological polar surface area (TPSA) is 107 Å². The highest BCUT2D eigenvalue weighted by Crippen LogP contribution is 2.26. The summed E-state index contributed by atoms with van der Waals surface area (Å²) in [6.45, 7) is 0. The number of nitro benzene ring substituents is 1. The molecule has 136 valence electrons. The second-order valence-electron chi connectivity index (χ2n) is 6.02. The molecule has 0 saturated heterocycles. The number of nitrogens with one attached hydrogen (secondary N) is 1. The molecule has 1 aromatic heterocycles. The molecule has 0 atom stereocenters. The van der Waals surface area contributed by atoms with Crippen LogP contribution in [0.2, 0.25) is 5.02 Å². The van der Waals surface area contributed by atoms with Crippen LogP contribution in [0.25, 0.3) is 0 Å². The lowest BCUT2D eigenvalue weighted by Gasteiger charge is -2.28. The van der Waals surface area contributed by atoms with Gasteiger partial charge < -0.3 is 10.1 Å². The van der Waals surface area contributed by atoms with Crippen LogP contribution in [0.3, 0.4) is 0 Å². The maximum atomic E-state index is 12.3. The van der Waals surface area contributed by atoms with Crippen molar-refractivity contribution in [3.8, 4) is 6.01 Å². The van der Waals surface area contributed by atoms with E-state index in [-0.39, 0.29) is 34.3 Å². The Morgan fingerprint density at radius 3 is 2.58 bits per heavy atom. The zero-order chi connectivity index (χ0) is 18.5. The van der Waals surface area contributed by atoms with E-state index in [2.05, 4.69) is 15.3 Å². The summed E-state index contributed by atoms with van der Waals surface area (Å²) in [6, 6.07) is 6.10. The molecule has 8 nitrogen and oxygen atoms in total. The lowest BCUT2D eigenvalue weighted by atomic mass is 9.92. The number of hydrogen-bond acceptors (Lipinski definition) is 6. The molecular formula is C17H17ClN4O4. The first-order valence-corrected chi connectivity index (χ1v) is 8.59. The van der Waals surface area contributed by atoms with Crippen molar-refractivity contribution < 1.29 is 14.5 Å². The summed E-state index contributed by atoms with van der Waals surface area (Å²) in [5, 5.41) is 13.9. The number of ether oxygens (including phenoxy) is 1. The van der Waals surface area contributed by atoms with Crippen LogP contribution in [-0.2, 0) is 0 Å². The summed E-state index contributed by atoms with van der Waals surface area (Å²) in [7, 11) is 0. The van der Waals surface area contributed by atoms with Gasteiger partial charge in [-0.1, -0.05) is 11.6 Å². The third-order valence-corrected chi connectivity index (χ3v) is 4.55. The summed E-state index contributed by atoms with van der Waals surface area (Å²) in [5.41, 5.74) is -0.0588. The zero-order valence-corrected chi connectivity index (χ0v) is 14.6. The maximum Gasteiger partial charge on any atom is 0.316 e. The van der Waals surface area contributed by atoms with Crippen LogP contribution in [0.15, 0.2) is 36.7 Å². The van der Waals surface area contributed by atoms with Gasteiger partial charge in [-0.25, -0.2) is 9.97 Å². The van der Waals surface area contributed by atoms with Gasteiger partial charge in [0.05, 0.1) is 4.92 Å². The third kappa shape index (κ3) is 4.45. The summed E-state index contributed by atoms with van der Waals surface area (Å²) in [4.78, 5) is 30.8. The average Bonchev–Trinajstić information content (AvgIpc) is 2.64. The van der Waals surface area contributed by atoms with Gasteiger partial charge in [0.15, 0.2) is 0 Å². The SMILES string of the molecule is O=C(NC1CCC(Oc2ncccn2)CC1)c1ccc(Cl)c([N+](=O)[O-])c1. The van der Waals surface area contributed by atoms with Gasteiger partial charge in [-0.3, -0.25) is 14.9 Å². The molecule has 3 rings (SSSR count). The zero-order valence-electron chi connectivity index (χ0n) is 13.8. The van der Waals surface area contributed by atoms with Crippen molar-refractivity contribution in [2.45, 2.75) is 37.8 Å². The fourth-order valence-electron chi connectivity index (χ4n) is 2.88. The molecule has 1 saturated carbocycles. The van der Waals surface area contributed by atoms with E-state index in [1.807, 2.05) is 0 Å². The Labute approximate surface area is 154 Å². The molecule has 0 bridgehead atoms. The Hall–Kier alpha value is -2.74. The normalized spacial score (nSPS) is 19.6. The van der Waals surface area contributed by atoms with E-state index in [1.165, 1.54) is 18.2 Å². The van der Waals surface area contributed by atoms with Crippen LogP contribution >= 0.6 is 11.6 Å². The fourth-order valence-corrected chi connectivity index (χ4v) is 3.07. The number of hydrogen-bond donors (Lipinski definition) is 1. The molecule has 0 spiro atoms. The highest BCUT2D eigenvalue weighted by Gasteiger charge is 2.25. The lowest BCUT2D eigenvalue weighted by molar-refractivity contribution is -0.384. The van der Waals surface area contributed by atoms with Gasteiger partial charge in [-0.2, -0.15) is 0 Å². The Morgan fingerprint density at radius 2 is 1.92 bits per heavy atom. The van der Waals surface area contributed by atoms with E-state index in [1.54, 1.807) is 18.5 Å². The molecule has 1 heterocycles. The molecular weight excluding hydrogens is 360 g/mol. The molecule has 1 N–H and O–H groups in total. The minimum absolute atomic E-state index is 0.00576. The fraction of sp³-hybridized carbons (Fsp3) is 0.353. The smallest absolute Gasteiger partial charge is 0.316 e. The number of halogens is 1. The highest BCUT2D eigenvalue weighted by molar-refractivity contribution is 6.32. The monoisotopic (exact) mass is 376 g/mol. The predicted molar refractivity (Wildman–Crippen MR) is 94.3 cm³/mol. The minimum Gasteiger partial charge on any atom is -0.460 e. The molecule has 1 aliphatic carbocycles. The van der Waals surface area contributed by atoms with Crippen LogP contribution < -0.4 is 10.1 Å². The van der Waals surface area contributed by atoms with E-state index in [4.69, 9.17) is 16.3 Å². The molecule has 0 unspecified atom stereocenters. The van der Waals surface area contributed by atoms with Gasteiger partial charge >= 0.3 is 6.01 Å². The molecule has 0 aliphatic heterocycles. The number of carbonyl (C=O) groups is 1. The van der Waals surface area contributed by atoms with Gasteiger partial charge in [0.2, 0.25) is 0 Å². The molecule has 26 heavy (non-hydrogen) atoms. The molecule has 1 aliphatic rings. The summed E-state index contributed by atoms with van der Waals surface area (Å²) in [5.74, 6) is -0.347. The van der Waals surface area contributed by atoms with Gasteiger partial charge in [0.1, 0.15) is 11.1 Å². The van der Waals surface area contributed by atoms with Gasteiger partial charge in [0, 0.05) is 30.1 Å². The third-order valence-electron chi connectivity index (χ3n) is 4.23. The summed E-state index contributed by atoms with van der Waals surface area (Å²) >= 11 is 5.77. The van der Waals surface area contributed by atoms with Gasteiger partial charge in [0.25, 0.3) is 11.6 Å². The molecule has 1 amide bonds. The van der Waals surface area contributed by atoms with E-state index in [0.29, 0.717) is 6.01 Å². The van der Waals surface area contributed by atoms with Crippen molar-refractivity contribution in [3.05, 3.63) is 57.4 Å². The van der Waals surface area contributed by atoms with Gasteiger partial charge in [-0.15, -0.1) is 0 Å². The van der Waals surface area contributed by atoms with Crippen molar-refractivity contribution in [1.82, 2.24) is 15.3 Å². The van der Waals surface area contributed by atoms with E-state index in [9.17, 15) is 14.9 Å². The first-order valence-electron chi connectivity index (χ1n) is 8.21. The van der Waals surface area contributed by atoms with Crippen LogP contribution in [0, 0.1) is 10.1 Å². The molecule has 9 heteroatoms. The maximum absolute atomic E-state index is 12.3. The number of nitrogens with zero attached hydrogens (tertiary/aromatic N) is 3. The van der Waals surface area contributed by atoms with Crippen molar-refractivity contribution in [3.63, 3.8) is 0 Å². The number of carbonyl (C=O) groups excluding carboxylic acids is 1. The second kappa shape index (κ2) is 8.09. The van der Waals surface area contributed by atoms with Crippen LogP contribution in [0.5, 0.6) is 6.01 Å². The Balaban J connectivity index is 1.53. The molecule has 0 radical (unpaired) electrons. The summed E-state index contributed by atoms with van der Waals surface area (Å²) < 4.78 is 5.72. The quantitative estimate of drug-likeness (QED) is 0.634. The number of amides is 1. The van der Waals surface area contributed by atoms with Crippen molar-refractivity contribution >= 4 is 23.2 Å². The van der Waals surface area contributed by atoms with Crippen LogP contribution in [0.1, 0.15) is 36.0 Å². The lowest BCUT2D eigenvalue weighted by Crippen LogP contribution is -2.39. The van der Waals surface area contributed by atoms with E-state index >= 15 is 0 Å². The first kappa shape index (κ1) is 18.1. The number of nitro groups is 1. The van der Waals surface area contributed by atoms with E-state index in [0.717, 1.165) is 25.7 Å². The van der Waals surface area contributed by atoms with Crippen LogP contribution in [-0.4, -0.2) is 32.9 Å². The minimum atomic E-state index is -0.604. The van der Waals surface area contributed by atoms with Crippen LogP contribution in [0.4, 0.5) is 5.69 Å². The van der Waals surface area contributed by atoms with Crippen molar-refractivity contribution in [2.24, 2.45) is 0 Å². The summed E-state index contributed by atoms with van der Waals surface area (Å²) in [6.07, 6.45) is 6.30. The second-order valence-corrected chi connectivity index (χ2v) is 6.43. The number of aromatic nitrogens is 2. The number of benzene rings is 1. The van der Waals surface area contributed by atoms with Gasteiger partial charge in [-0.05, 0) is 43.9 Å². The Bertz CT molecular complexity index is 795. The molecule has 2 aromatic rings. The largest absolute Gasteiger partial charge is 0.460 e. The first-order chi connectivity index (χ1) is 12.5. The van der Waals surface area contributed by atoms with Crippen molar-refractivity contribution in [1.29, 1.82) is 0 Å². The molecule has 1 fully saturated rings. The standard InChI is InChI=1S/C17H17ClN4O4/c18-14-7-2-11(10-15(14)22(24)25)16(23)21-12-3-5-13(6-4-12)26-17-19-8-1-9-20-17/h1-2,7-10,12-13H,3-6H2,(H,21,23). The van der Waals surface area contributed by atoms with Crippen molar-refractivity contribution in [2.75, 3.05) is 0 Å².